The number of hydrogen-bond donors (Lipinski definition) is 2. The molecule has 15 heavy (non-hydrogen) atoms. The zero-order chi connectivity index (χ0) is 11.6. The Kier molecular flexibility index (Phi) is 3.31. The summed E-state index contributed by atoms with van der Waals surface area (Å²) in [6.45, 7) is 1.49. The van der Waals surface area contributed by atoms with Gasteiger partial charge < -0.3 is 10.0 Å². The van der Waals surface area contributed by atoms with Crippen molar-refractivity contribution in [1.82, 2.24) is 10.2 Å². The quantitative estimate of drug-likeness (QED) is 0.783. The molecule has 0 saturated carbocycles. The molecule has 0 aliphatic heterocycles. The molecule has 82 valence electrons. The summed E-state index contributed by atoms with van der Waals surface area (Å²) >= 11 is 5.72. The average Bonchev–Trinajstić information content (AvgIpc) is 2.20. The van der Waals surface area contributed by atoms with Gasteiger partial charge in [-0.3, -0.25) is 4.79 Å². The smallest absolute Gasteiger partial charge is 0.326 e. The largest absolute Gasteiger partial charge is 0.480 e. The van der Waals surface area contributed by atoms with Gasteiger partial charge in [0.15, 0.2) is 0 Å². The Morgan fingerprint density at radius 2 is 2.33 bits per heavy atom. The fourth-order valence-electron chi connectivity index (χ4n) is 0.994. The second-order valence-corrected chi connectivity index (χ2v) is 3.40. The predicted octanol–water partition coefficient (Wildman–Crippen LogP) is 0.333. The van der Waals surface area contributed by atoms with E-state index in [1.54, 1.807) is 0 Å². The summed E-state index contributed by atoms with van der Waals surface area (Å²) in [6, 6.07) is -0.786. The molecule has 0 bridgehead atoms. The minimum atomic E-state index is -1.01. The van der Waals surface area contributed by atoms with Gasteiger partial charge in [-0.05, 0) is 6.92 Å². The van der Waals surface area contributed by atoms with Crippen molar-refractivity contribution in [2.45, 2.75) is 13.0 Å². The molecular weight excluding hydrogens is 222 g/mol. The van der Waals surface area contributed by atoms with Gasteiger partial charge in [0, 0.05) is 7.05 Å². The topological polar surface area (TPSA) is 86.3 Å². The maximum absolute atomic E-state index is 11.1. The number of hydrogen-bond acceptors (Lipinski definition) is 4. The lowest BCUT2D eigenvalue weighted by atomic mass is 10.3. The standard InChI is InChI=1S/C8H10ClN3O3/c1-4(8(14)15)12(2)5-3-10-11-7(13)6(5)9/h3-4H,1-2H3,(H,11,13)(H,14,15). The van der Waals surface area contributed by atoms with E-state index in [1.807, 2.05) is 0 Å². The van der Waals surface area contributed by atoms with Crippen molar-refractivity contribution in [3.63, 3.8) is 0 Å². The minimum Gasteiger partial charge on any atom is -0.480 e. The van der Waals surface area contributed by atoms with Crippen molar-refractivity contribution >= 4 is 23.3 Å². The summed E-state index contributed by atoms with van der Waals surface area (Å²) in [5.41, 5.74) is -0.256. The zero-order valence-electron chi connectivity index (χ0n) is 8.19. The maximum Gasteiger partial charge on any atom is 0.326 e. The molecule has 0 amide bonds. The Bertz CT molecular complexity index is 431. The van der Waals surface area contributed by atoms with Crippen LogP contribution in [0.1, 0.15) is 6.92 Å². The van der Waals surface area contributed by atoms with Gasteiger partial charge in [-0.25, -0.2) is 9.89 Å². The van der Waals surface area contributed by atoms with E-state index in [1.165, 1.54) is 25.1 Å². The molecule has 7 heteroatoms. The molecule has 0 aromatic carbocycles. The third-order valence-electron chi connectivity index (χ3n) is 2.10. The molecule has 0 fully saturated rings. The van der Waals surface area contributed by atoms with Crippen LogP contribution in [0.15, 0.2) is 11.0 Å². The van der Waals surface area contributed by atoms with Crippen molar-refractivity contribution in [3.8, 4) is 0 Å². The van der Waals surface area contributed by atoms with Crippen LogP contribution in [-0.4, -0.2) is 34.4 Å². The molecular formula is C8H10ClN3O3. The Labute approximate surface area is 90.5 Å². The van der Waals surface area contributed by atoms with Crippen molar-refractivity contribution in [2.24, 2.45) is 0 Å². The Morgan fingerprint density at radius 1 is 1.73 bits per heavy atom. The predicted molar refractivity (Wildman–Crippen MR) is 55.4 cm³/mol. The molecule has 2 N–H and O–H groups in total. The van der Waals surface area contributed by atoms with E-state index in [4.69, 9.17) is 16.7 Å². The van der Waals surface area contributed by atoms with E-state index >= 15 is 0 Å². The lowest BCUT2D eigenvalue weighted by Gasteiger charge is -2.23. The van der Waals surface area contributed by atoms with Gasteiger partial charge in [-0.2, -0.15) is 5.10 Å². The summed E-state index contributed by atoms with van der Waals surface area (Å²) in [4.78, 5) is 23.2. The number of likely N-dealkylation sites (N-methyl/N-ethyl adjacent to an activating group) is 1. The third-order valence-corrected chi connectivity index (χ3v) is 2.46. The number of H-pyrrole nitrogens is 1. The number of aromatic amines is 1. The molecule has 1 atom stereocenters. The monoisotopic (exact) mass is 231 g/mol. The highest BCUT2D eigenvalue weighted by Crippen LogP contribution is 2.20. The second kappa shape index (κ2) is 4.31. The first-order chi connectivity index (χ1) is 6.95. The van der Waals surface area contributed by atoms with Crippen LogP contribution in [0, 0.1) is 0 Å². The van der Waals surface area contributed by atoms with Crippen molar-refractivity contribution in [3.05, 3.63) is 21.6 Å². The molecule has 1 rings (SSSR count). The van der Waals surface area contributed by atoms with Crippen LogP contribution < -0.4 is 10.5 Å². The van der Waals surface area contributed by atoms with Crippen molar-refractivity contribution in [2.75, 3.05) is 11.9 Å². The van der Waals surface area contributed by atoms with Crippen LogP contribution in [-0.2, 0) is 4.79 Å². The Morgan fingerprint density at radius 3 is 2.87 bits per heavy atom. The maximum atomic E-state index is 11.1. The average molecular weight is 232 g/mol. The first-order valence-electron chi connectivity index (χ1n) is 4.14. The summed E-state index contributed by atoms with van der Waals surface area (Å²) in [5.74, 6) is -1.01. The molecule has 0 spiro atoms. The van der Waals surface area contributed by atoms with E-state index < -0.39 is 17.6 Å². The van der Waals surface area contributed by atoms with Gasteiger partial charge in [-0.15, -0.1) is 0 Å². The van der Waals surface area contributed by atoms with E-state index in [9.17, 15) is 9.59 Å². The first kappa shape index (κ1) is 11.5. The number of aliphatic carboxylic acids is 1. The number of carboxylic acid groups (broad SMARTS) is 1. The van der Waals surface area contributed by atoms with Gasteiger partial charge in [0.1, 0.15) is 11.1 Å². The van der Waals surface area contributed by atoms with Gasteiger partial charge in [0.25, 0.3) is 5.56 Å². The van der Waals surface area contributed by atoms with Gasteiger partial charge in [-0.1, -0.05) is 11.6 Å². The molecule has 1 unspecified atom stereocenters. The number of nitrogens with zero attached hydrogens (tertiary/aromatic N) is 2. The third kappa shape index (κ3) is 2.27. The summed E-state index contributed by atoms with van der Waals surface area (Å²) in [7, 11) is 1.53. The fraction of sp³-hybridized carbons (Fsp3) is 0.375. The molecule has 1 heterocycles. The highest BCUT2D eigenvalue weighted by atomic mass is 35.5. The van der Waals surface area contributed by atoms with E-state index in [0.717, 1.165) is 0 Å². The molecule has 0 radical (unpaired) electrons. The number of aromatic nitrogens is 2. The number of rotatable bonds is 3. The van der Waals surface area contributed by atoms with Crippen LogP contribution in [0.2, 0.25) is 5.02 Å². The number of nitrogens with one attached hydrogen (secondary N) is 1. The van der Waals surface area contributed by atoms with Gasteiger partial charge in [0.2, 0.25) is 0 Å². The minimum absolute atomic E-state index is 0.0689. The van der Waals surface area contributed by atoms with Crippen molar-refractivity contribution < 1.29 is 9.90 Å². The second-order valence-electron chi connectivity index (χ2n) is 3.02. The number of halogens is 1. The van der Waals surface area contributed by atoms with E-state index in [0.29, 0.717) is 0 Å². The van der Waals surface area contributed by atoms with E-state index in [-0.39, 0.29) is 10.7 Å². The molecule has 0 aliphatic carbocycles. The number of carboxylic acids is 1. The summed E-state index contributed by atoms with van der Waals surface area (Å²) in [5, 5.41) is 14.4. The Balaban J connectivity index is 3.11. The lowest BCUT2D eigenvalue weighted by Crippen LogP contribution is -2.36. The summed E-state index contributed by atoms with van der Waals surface area (Å²) < 4.78 is 0. The van der Waals surface area contributed by atoms with Crippen LogP contribution in [0.25, 0.3) is 0 Å². The highest BCUT2D eigenvalue weighted by Gasteiger charge is 2.20. The van der Waals surface area contributed by atoms with Gasteiger partial charge in [0.05, 0.1) is 11.9 Å². The molecule has 6 nitrogen and oxygen atoms in total. The fourth-order valence-corrected chi connectivity index (χ4v) is 1.22. The number of anilines is 1. The molecule has 1 aromatic heterocycles. The molecule has 1 aromatic rings. The first-order valence-corrected chi connectivity index (χ1v) is 4.51. The van der Waals surface area contributed by atoms with Crippen LogP contribution in [0.4, 0.5) is 5.69 Å². The molecule has 0 saturated heterocycles. The van der Waals surface area contributed by atoms with Crippen LogP contribution >= 0.6 is 11.6 Å². The summed E-state index contributed by atoms with van der Waals surface area (Å²) in [6.07, 6.45) is 1.31. The number of carbonyl (C=O) groups is 1. The van der Waals surface area contributed by atoms with Crippen LogP contribution in [0.5, 0.6) is 0 Å². The van der Waals surface area contributed by atoms with Crippen LogP contribution in [0.3, 0.4) is 0 Å². The Hall–Kier alpha value is -1.56. The highest BCUT2D eigenvalue weighted by molar-refractivity contribution is 6.33. The zero-order valence-corrected chi connectivity index (χ0v) is 8.95. The lowest BCUT2D eigenvalue weighted by molar-refractivity contribution is -0.138. The van der Waals surface area contributed by atoms with Crippen molar-refractivity contribution in [1.29, 1.82) is 0 Å². The molecule has 0 aliphatic rings. The van der Waals surface area contributed by atoms with Gasteiger partial charge >= 0.3 is 5.97 Å². The normalized spacial score (nSPS) is 12.2. The SMILES string of the molecule is CC(C(=O)O)N(C)c1cn[nH]c(=O)c1Cl. The van der Waals surface area contributed by atoms with E-state index in [2.05, 4.69) is 10.2 Å².